The fourth-order valence-corrected chi connectivity index (χ4v) is 0.711. The zero-order valence-electron chi connectivity index (χ0n) is 5.81. The third-order valence-corrected chi connectivity index (χ3v) is 1.22. The maximum Gasteiger partial charge on any atom is 0.203 e. The minimum Gasteiger partial charge on any atom is -0.353 e. The molecule has 0 aliphatic heterocycles. The van der Waals surface area contributed by atoms with E-state index >= 15 is 0 Å². The van der Waals surface area contributed by atoms with Crippen LogP contribution in [0.25, 0.3) is 0 Å². The zero-order chi connectivity index (χ0) is 6.15. The molecular weight excluding hydrogens is 203 g/mol. The number of aryl methyl sites for hydroxylation is 3. The number of nitrogens with zero attached hydrogens (tertiary/aromatic N) is 2. The third-order valence-electron chi connectivity index (χ3n) is 1.22. The van der Waals surface area contributed by atoms with Crippen molar-refractivity contribution in [1.82, 2.24) is 4.57 Å². The standard InChI is InChI=1S/C6H10N2.Rh/c1-6-4-7(2)5-8(6)3;/h4H,1-3H3;. The summed E-state index contributed by atoms with van der Waals surface area (Å²) in [6.07, 6.45) is 5.07. The Kier molecular flexibility index (Phi) is 3.06. The quantitative estimate of drug-likeness (QED) is 0.325. The maximum atomic E-state index is 3.04. The van der Waals surface area contributed by atoms with Gasteiger partial charge in [0.15, 0.2) is 0 Å². The predicted octanol–water partition coefficient (Wildman–Crippen LogP) is -0.0443. The normalized spacial score (nSPS) is 8.78. The topological polar surface area (TPSA) is 8.81 Å². The largest absolute Gasteiger partial charge is 0.353 e. The molecular formula is C6H10N2Rh. The van der Waals surface area contributed by atoms with Crippen LogP contribution >= 0.6 is 0 Å². The molecule has 0 aromatic carbocycles. The average molecular weight is 213 g/mol. The summed E-state index contributed by atoms with van der Waals surface area (Å²) in [6, 6.07) is 0. The first-order chi connectivity index (χ1) is 3.70. The molecule has 0 aliphatic carbocycles. The van der Waals surface area contributed by atoms with Gasteiger partial charge in [-0.25, -0.2) is 0 Å². The monoisotopic (exact) mass is 213 g/mol. The van der Waals surface area contributed by atoms with Crippen LogP contribution in [0.1, 0.15) is 5.69 Å². The average Bonchev–Trinajstić information content (AvgIpc) is 1.85. The van der Waals surface area contributed by atoms with Crippen molar-refractivity contribution in [3.8, 4) is 0 Å². The smallest absolute Gasteiger partial charge is 0.203 e. The van der Waals surface area contributed by atoms with Crippen LogP contribution in [0.2, 0.25) is 0 Å². The summed E-state index contributed by atoms with van der Waals surface area (Å²) in [4.78, 5) is 0. The van der Waals surface area contributed by atoms with Crippen LogP contribution in [0.4, 0.5) is 0 Å². The number of rotatable bonds is 0. The van der Waals surface area contributed by atoms with Gasteiger partial charge in [0.05, 0.1) is 14.1 Å². The molecule has 0 bridgehead atoms. The van der Waals surface area contributed by atoms with Crippen molar-refractivity contribution in [2.75, 3.05) is 0 Å². The number of aromatic nitrogens is 2. The van der Waals surface area contributed by atoms with Gasteiger partial charge in [-0.1, -0.05) is 6.92 Å². The molecule has 1 aromatic rings. The summed E-state index contributed by atoms with van der Waals surface area (Å²) in [6.45, 7) is 2.05. The number of hydrogen-bond donors (Lipinski definition) is 0. The van der Waals surface area contributed by atoms with Crippen molar-refractivity contribution in [2.45, 2.75) is 6.92 Å². The van der Waals surface area contributed by atoms with E-state index in [1.165, 1.54) is 5.69 Å². The SMILES string of the molecule is Cc1cn(C)[c-][n+]1C.[Rh]. The van der Waals surface area contributed by atoms with Crippen LogP contribution in [0, 0.1) is 13.3 Å². The summed E-state index contributed by atoms with van der Waals surface area (Å²) >= 11 is 0. The first-order valence-corrected chi connectivity index (χ1v) is 2.61. The molecule has 9 heavy (non-hydrogen) atoms. The summed E-state index contributed by atoms with van der Waals surface area (Å²) < 4.78 is 3.87. The van der Waals surface area contributed by atoms with Gasteiger partial charge in [0, 0.05) is 19.5 Å². The van der Waals surface area contributed by atoms with Crippen LogP contribution in [0.5, 0.6) is 0 Å². The van der Waals surface area contributed by atoms with Crippen LogP contribution < -0.4 is 4.57 Å². The summed E-state index contributed by atoms with van der Waals surface area (Å²) in [5, 5.41) is 0. The Balaban J connectivity index is 0.000000640. The van der Waals surface area contributed by atoms with Crippen LogP contribution in [-0.2, 0) is 33.6 Å². The number of hydrogen-bond acceptors (Lipinski definition) is 0. The van der Waals surface area contributed by atoms with Crippen molar-refractivity contribution in [3.05, 3.63) is 18.2 Å². The van der Waals surface area contributed by atoms with Gasteiger partial charge in [-0.2, -0.15) is 0 Å². The summed E-state index contributed by atoms with van der Waals surface area (Å²) in [7, 11) is 3.95. The molecule has 0 amide bonds. The third kappa shape index (κ3) is 1.90. The van der Waals surface area contributed by atoms with E-state index in [1.807, 2.05) is 29.4 Å². The van der Waals surface area contributed by atoms with E-state index in [2.05, 4.69) is 13.3 Å². The van der Waals surface area contributed by atoms with E-state index in [0.29, 0.717) is 0 Å². The molecule has 0 atom stereocenters. The molecule has 0 spiro atoms. The van der Waals surface area contributed by atoms with E-state index in [4.69, 9.17) is 0 Å². The molecule has 3 heteroatoms. The van der Waals surface area contributed by atoms with E-state index in [9.17, 15) is 0 Å². The van der Waals surface area contributed by atoms with Gasteiger partial charge in [0.25, 0.3) is 0 Å². The van der Waals surface area contributed by atoms with Crippen LogP contribution in [0.15, 0.2) is 6.20 Å². The fourth-order valence-electron chi connectivity index (χ4n) is 0.711. The minimum absolute atomic E-state index is 0. The van der Waals surface area contributed by atoms with Crippen molar-refractivity contribution >= 4 is 0 Å². The fraction of sp³-hybridized carbons (Fsp3) is 0.500. The Morgan fingerprint density at radius 2 is 2.22 bits per heavy atom. The first kappa shape index (κ1) is 8.83. The van der Waals surface area contributed by atoms with Crippen molar-refractivity contribution in [1.29, 1.82) is 0 Å². The van der Waals surface area contributed by atoms with Gasteiger partial charge < -0.3 is 9.13 Å². The molecule has 1 aromatic heterocycles. The second-order valence-corrected chi connectivity index (χ2v) is 2.04. The molecule has 53 valence electrons. The molecule has 0 saturated carbocycles. The van der Waals surface area contributed by atoms with Gasteiger partial charge >= 0.3 is 0 Å². The van der Waals surface area contributed by atoms with Gasteiger partial charge in [-0.15, -0.1) is 0 Å². The molecule has 1 heterocycles. The van der Waals surface area contributed by atoms with Crippen LogP contribution in [-0.4, -0.2) is 4.57 Å². The molecule has 0 unspecified atom stereocenters. The van der Waals surface area contributed by atoms with Crippen molar-refractivity contribution in [3.63, 3.8) is 0 Å². The Hall–Kier alpha value is -0.167. The van der Waals surface area contributed by atoms with Crippen LogP contribution in [0.3, 0.4) is 0 Å². The molecule has 1 radical (unpaired) electrons. The van der Waals surface area contributed by atoms with E-state index in [0.717, 1.165) is 0 Å². The molecule has 0 N–H and O–H groups in total. The molecule has 0 aliphatic rings. The molecule has 1 rings (SSSR count). The zero-order valence-corrected chi connectivity index (χ0v) is 7.44. The predicted molar refractivity (Wildman–Crippen MR) is 30.2 cm³/mol. The first-order valence-electron chi connectivity index (χ1n) is 2.61. The Labute approximate surface area is 68.3 Å². The Morgan fingerprint density at radius 3 is 2.33 bits per heavy atom. The molecule has 0 fully saturated rings. The maximum absolute atomic E-state index is 3.04. The van der Waals surface area contributed by atoms with E-state index in [1.54, 1.807) is 0 Å². The Bertz CT molecular complexity index is 173. The van der Waals surface area contributed by atoms with Gasteiger partial charge in [-0.3, -0.25) is 0 Å². The second kappa shape index (κ2) is 3.12. The van der Waals surface area contributed by atoms with E-state index in [-0.39, 0.29) is 19.5 Å². The molecule has 2 nitrogen and oxygen atoms in total. The Morgan fingerprint density at radius 1 is 1.67 bits per heavy atom. The van der Waals surface area contributed by atoms with E-state index < -0.39 is 0 Å². The second-order valence-electron chi connectivity index (χ2n) is 2.04. The minimum atomic E-state index is 0. The van der Waals surface area contributed by atoms with Gasteiger partial charge in [-0.05, 0) is 11.9 Å². The van der Waals surface area contributed by atoms with Crippen molar-refractivity contribution in [2.24, 2.45) is 14.1 Å². The summed E-state index contributed by atoms with van der Waals surface area (Å²) in [5.41, 5.74) is 1.23. The van der Waals surface area contributed by atoms with Gasteiger partial charge in [0.2, 0.25) is 6.33 Å². The molecule has 0 saturated heterocycles. The van der Waals surface area contributed by atoms with Gasteiger partial charge in [0.1, 0.15) is 0 Å². The summed E-state index contributed by atoms with van der Waals surface area (Å²) in [5.74, 6) is 0. The van der Waals surface area contributed by atoms with Crippen molar-refractivity contribution < 1.29 is 24.0 Å². The number of imidazole rings is 1.